The fourth-order valence-electron chi connectivity index (χ4n) is 0.713. The maximum atomic E-state index is 12.7. The molecular weight excluding hydrogens is 171 g/mol. The summed E-state index contributed by atoms with van der Waals surface area (Å²) in [6.07, 6.45) is 1.12. The van der Waals surface area contributed by atoms with Crippen LogP contribution in [0.2, 0.25) is 0 Å². The Morgan fingerprint density at radius 1 is 1.46 bits per heavy atom. The van der Waals surface area contributed by atoms with E-state index in [0.29, 0.717) is 5.82 Å². The van der Waals surface area contributed by atoms with Crippen LogP contribution in [0.25, 0.3) is 0 Å². The number of pyridine rings is 1. The van der Waals surface area contributed by atoms with Gasteiger partial charge in [0.05, 0.1) is 13.3 Å². The Hall–Kier alpha value is -1.32. The lowest BCUT2D eigenvalue weighted by Crippen LogP contribution is -1.95. The highest BCUT2D eigenvalue weighted by Gasteiger charge is 2.02. The van der Waals surface area contributed by atoms with E-state index in [1.165, 1.54) is 13.2 Å². The molecule has 13 heavy (non-hydrogen) atoms. The van der Waals surface area contributed by atoms with E-state index in [1.54, 1.807) is 7.05 Å². The molecule has 1 aromatic heterocycles. The molecule has 0 unspecified atom stereocenters. The van der Waals surface area contributed by atoms with Crippen LogP contribution in [-0.4, -0.2) is 19.1 Å². The number of hydrogen-bond acceptors (Lipinski definition) is 3. The van der Waals surface area contributed by atoms with Gasteiger partial charge in [0.15, 0.2) is 11.6 Å². The summed E-state index contributed by atoms with van der Waals surface area (Å²) in [5.41, 5.74) is 0. The Balaban J connectivity index is 0.000000671. The molecule has 0 aliphatic rings. The summed E-state index contributed by atoms with van der Waals surface area (Å²) in [5, 5.41) is 2.77. The molecule has 1 rings (SSSR count). The monoisotopic (exact) mass is 186 g/mol. The third kappa shape index (κ3) is 3.27. The summed E-state index contributed by atoms with van der Waals surface area (Å²) in [5.74, 6) is 0.333. The SMILES string of the molecule is CC.CNc1cc(OC)c(F)cn1. The van der Waals surface area contributed by atoms with Crippen molar-refractivity contribution in [2.24, 2.45) is 0 Å². The summed E-state index contributed by atoms with van der Waals surface area (Å²) >= 11 is 0. The molecule has 0 fully saturated rings. The summed E-state index contributed by atoms with van der Waals surface area (Å²) in [4.78, 5) is 3.74. The smallest absolute Gasteiger partial charge is 0.183 e. The Morgan fingerprint density at radius 3 is 2.54 bits per heavy atom. The first-order chi connectivity index (χ1) is 6.27. The molecule has 74 valence electrons. The van der Waals surface area contributed by atoms with E-state index in [0.717, 1.165) is 6.20 Å². The number of aromatic nitrogens is 1. The molecule has 0 bridgehead atoms. The third-order valence-corrected chi connectivity index (χ3v) is 1.30. The average molecular weight is 186 g/mol. The van der Waals surface area contributed by atoms with Gasteiger partial charge in [-0.25, -0.2) is 9.37 Å². The Kier molecular flexibility index (Phi) is 5.59. The number of rotatable bonds is 2. The minimum absolute atomic E-state index is 0.198. The molecule has 1 aromatic rings. The average Bonchev–Trinajstić information content (AvgIpc) is 2.22. The minimum Gasteiger partial charge on any atom is -0.493 e. The lowest BCUT2D eigenvalue weighted by Gasteiger charge is -2.02. The lowest BCUT2D eigenvalue weighted by atomic mass is 10.4. The first kappa shape index (κ1) is 11.7. The van der Waals surface area contributed by atoms with Crippen molar-refractivity contribution in [3.05, 3.63) is 18.1 Å². The van der Waals surface area contributed by atoms with Crippen LogP contribution in [-0.2, 0) is 0 Å². The molecule has 0 aromatic carbocycles. The highest BCUT2D eigenvalue weighted by molar-refractivity contribution is 5.40. The fraction of sp³-hybridized carbons (Fsp3) is 0.444. The second-order valence-electron chi connectivity index (χ2n) is 1.95. The van der Waals surface area contributed by atoms with E-state index in [1.807, 2.05) is 13.8 Å². The molecule has 0 atom stereocenters. The van der Waals surface area contributed by atoms with Crippen molar-refractivity contribution >= 4 is 5.82 Å². The minimum atomic E-state index is -0.452. The molecule has 0 saturated heterocycles. The number of methoxy groups -OCH3 is 1. The largest absolute Gasteiger partial charge is 0.493 e. The summed E-state index contributed by atoms with van der Waals surface area (Å²) in [6.45, 7) is 4.00. The van der Waals surface area contributed by atoms with Crippen LogP contribution < -0.4 is 10.1 Å². The predicted molar refractivity (Wildman–Crippen MR) is 51.6 cm³/mol. The highest BCUT2D eigenvalue weighted by Crippen LogP contribution is 2.17. The van der Waals surface area contributed by atoms with E-state index >= 15 is 0 Å². The summed E-state index contributed by atoms with van der Waals surface area (Å²) in [7, 11) is 3.12. The van der Waals surface area contributed by atoms with Crippen LogP contribution in [0.4, 0.5) is 10.2 Å². The topological polar surface area (TPSA) is 34.1 Å². The molecule has 0 aliphatic carbocycles. The highest BCUT2D eigenvalue weighted by atomic mass is 19.1. The molecular formula is C9H15FN2O. The van der Waals surface area contributed by atoms with Crippen LogP contribution >= 0.6 is 0 Å². The van der Waals surface area contributed by atoms with Crippen molar-refractivity contribution in [2.45, 2.75) is 13.8 Å². The van der Waals surface area contributed by atoms with Gasteiger partial charge in [-0.3, -0.25) is 0 Å². The van der Waals surface area contributed by atoms with Gasteiger partial charge in [-0.2, -0.15) is 0 Å². The van der Waals surface area contributed by atoms with Gasteiger partial charge in [0.2, 0.25) is 0 Å². The van der Waals surface area contributed by atoms with Crippen molar-refractivity contribution < 1.29 is 9.13 Å². The van der Waals surface area contributed by atoms with Gasteiger partial charge in [-0.1, -0.05) is 13.8 Å². The third-order valence-electron chi connectivity index (χ3n) is 1.30. The van der Waals surface area contributed by atoms with Crippen molar-refractivity contribution in [2.75, 3.05) is 19.5 Å². The van der Waals surface area contributed by atoms with E-state index in [4.69, 9.17) is 4.74 Å². The first-order valence-corrected chi connectivity index (χ1v) is 4.15. The van der Waals surface area contributed by atoms with Gasteiger partial charge in [0.1, 0.15) is 5.82 Å². The zero-order valence-corrected chi connectivity index (χ0v) is 8.39. The fourth-order valence-corrected chi connectivity index (χ4v) is 0.713. The Morgan fingerprint density at radius 2 is 2.08 bits per heavy atom. The molecule has 1 heterocycles. The Bertz CT molecular complexity index is 253. The number of hydrogen-bond donors (Lipinski definition) is 1. The number of anilines is 1. The van der Waals surface area contributed by atoms with E-state index in [-0.39, 0.29) is 5.75 Å². The molecule has 4 heteroatoms. The number of nitrogens with one attached hydrogen (secondary N) is 1. The van der Waals surface area contributed by atoms with Crippen molar-refractivity contribution in [1.82, 2.24) is 4.98 Å². The second-order valence-corrected chi connectivity index (χ2v) is 1.95. The molecule has 0 radical (unpaired) electrons. The van der Waals surface area contributed by atoms with E-state index < -0.39 is 5.82 Å². The van der Waals surface area contributed by atoms with Gasteiger partial charge in [0, 0.05) is 13.1 Å². The summed E-state index contributed by atoms with van der Waals surface area (Å²) < 4.78 is 17.4. The molecule has 0 saturated carbocycles. The van der Waals surface area contributed by atoms with Crippen LogP contribution in [0.1, 0.15) is 13.8 Å². The van der Waals surface area contributed by atoms with Crippen LogP contribution in [0.5, 0.6) is 5.75 Å². The number of nitrogens with zero attached hydrogens (tertiary/aromatic N) is 1. The Labute approximate surface area is 77.9 Å². The van der Waals surface area contributed by atoms with Crippen LogP contribution in [0.15, 0.2) is 12.3 Å². The first-order valence-electron chi connectivity index (χ1n) is 4.15. The maximum Gasteiger partial charge on any atom is 0.183 e. The van der Waals surface area contributed by atoms with E-state index in [2.05, 4.69) is 10.3 Å². The van der Waals surface area contributed by atoms with Crippen LogP contribution in [0.3, 0.4) is 0 Å². The van der Waals surface area contributed by atoms with Gasteiger partial charge in [0.25, 0.3) is 0 Å². The van der Waals surface area contributed by atoms with Gasteiger partial charge in [-0.15, -0.1) is 0 Å². The standard InChI is InChI=1S/C7H9FN2O.C2H6/c1-9-7-3-6(11-2)5(8)4-10-7;1-2/h3-4H,1-2H3,(H,9,10);1-2H3. The zero-order chi connectivity index (χ0) is 10.3. The van der Waals surface area contributed by atoms with Crippen molar-refractivity contribution in [1.29, 1.82) is 0 Å². The quantitative estimate of drug-likeness (QED) is 0.769. The lowest BCUT2D eigenvalue weighted by molar-refractivity contribution is 0.385. The zero-order valence-electron chi connectivity index (χ0n) is 8.39. The van der Waals surface area contributed by atoms with Gasteiger partial charge < -0.3 is 10.1 Å². The molecule has 1 N–H and O–H groups in total. The molecule has 3 nitrogen and oxygen atoms in total. The molecule has 0 amide bonds. The number of ether oxygens (including phenoxy) is 1. The maximum absolute atomic E-state index is 12.7. The van der Waals surface area contributed by atoms with Gasteiger partial charge >= 0.3 is 0 Å². The van der Waals surface area contributed by atoms with Crippen LogP contribution in [0, 0.1) is 5.82 Å². The molecule has 0 aliphatic heterocycles. The summed E-state index contributed by atoms with van der Waals surface area (Å²) in [6, 6.07) is 1.50. The van der Waals surface area contributed by atoms with E-state index in [9.17, 15) is 4.39 Å². The normalized spacial score (nSPS) is 8.38. The second kappa shape index (κ2) is 6.22. The predicted octanol–water partition coefficient (Wildman–Crippen LogP) is 2.30. The van der Waals surface area contributed by atoms with Crippen molar-refractivity contribution in [3.63, 3.8) is 0 Å². The molecule has 0 spiro atoms. The van der Waals surface area contributed by atoms with Crippen molar-refractivity contribution in [3.8, 4) is 5.75 Å². The van der Waals surface area contributed by atoms with Gasteiger partial charge in [-0.05, 0) is 0 Å². The number of halogens is 1.